The number of unbranched alkanes of at least 4 members (excludes halogenated alkanes) is 13. The molecule has 1 aliphatic rings. The summed E-state index contributed by atoms with van der Waals surface area (Å²) in [4.78, 5) is 13.1. The number of nitrogens with one attached hydrogen (secondary N) is 1. The van der Waals surface area contributed by atoms with E-state index < -0.39 is 0 Å². The van der Waals surface area contributed by atoms with E-state index in [9.17, 15) is 4.39 Å². The van der Waals surface area contributed by atoms with E-state index in [1.54, 1.807) is 12.4 Å². The maximum absolute atomic E-state index is 14.1. The summed E-state index contributed by atoms with van der Waals surface area (Å²) in [6.07, 6.45) is 20.6. The predicted octanol–water partition coefficient (Wildman–Crippen LogP) is 7.42. The second-order valence-electron chi connectivity index (χ2n) is 10.4. The SMILES string of the molecule is CCCCCCCCCCCCCCCCNc1ncnc(N2CCN(c3ccccc3F)CC2)c1N. The zero-order chi connectivity index (χ0) is 26.1. The normalized spacial score (nSPS) is 13.8. The van der Waals surface area contributed by atoms with Crippen molar-refractivity contribution in [2.75, 3.05) is 53.6 Å². The number of hydrogen-bond donors (Lipinski definition) is 2. The molecule has 0 amide bonds. The highest BCUT2D eigenvalue weighted by molar-refractivity contribution is 5.75. The molecule has 1 fully saturated rings. The van der Waals surface area contributed by atoms with Gasteiger partial charge >= 0.3 is 0 Å². The monoisotopic (exact) mass is 512 g/mol. The highest BCUT2D eigenvalue weighted by Gasteiger charge is 2.22. The highest BCUT2D eigenvalue weighted by Crippen LogP contribution is 2.28. The molecule has 1 aromatic heterocycles. The molecule has 0 atom stereocenters. The lowest BCUT2D eigenvalue weighted by Crippen LogP contribution is -2.47. The average molecular weight is 513 g/mol. The molecule has 206 valence electrons. The maximum atomic E-state index is 14.1. The van der Waals surface area contributed by atoms with E-state index >= 15 is 0 Å². The molecule has 2 heterocycles. The van der Waals surface area contributed by atoms with E-state index in [0.29, 0.717) is 11.4 Å². The van der Waals surface area contributed by atoms with Crippen molar-refractivity contribution in [2.24, 2.45) is 0 Å². The molecule has 6 nitrogen and oxygen atoms in total. The van der Waals surface area contributed by atoms with Gasteiger partial charge in [-0.2, -0.15) is 0 Å². The van der Waals surface area contributed by atoms with Crippen LogP contribution in [-0.4, -0.2) is 42.7 Å². The molecule has 1 saturated heterocycles. The Balaban J connectivity index is 1.26. The van der Waals surface area contributed by atoms with E-state index in [0.717, 1.165) is 50.8 Å². The molecule has 1 aromatic carbocycles. The fourth-order valence-electron chi connectivity index (χ4n) is 5.17. The number of nitrogens with zero attached hydrogens (tertiary/aromatic N) is 4. The van der Waals surface area contributed by atoms with Crippen LogP contribution in [0.3, 0.4) is 0 Å². The van der Waals surface area contributed by atoms with Crippen LogP contribution in [0.1, 0.15) is 96.8 Å². The topological polar surface area (TPSA) is 70.3 Å². The summed E-state index contributed by atoms with van der Waals surface area (Å²) >= 11 is 0. The molecule has 0 spiro atoms. The average Bonchev–Trinajstić information content (AvgIpc) is 2.92. The van der Waals surface area contributed by atoms with Crippen LogP contribution < -0.4 is 20.9 Å². The lowest BCUT2D eigenvalue weighted by Gasteiger charge is -2.37. The molecule has 2 aromatic rings. The van der Waals surface area contributed by atoms with Gasteiger partial charge in [0, 0.05) is 32.7 Å². The van der Waals surface area contributed by atoms with E-state index in [1.165, 1.54) is 89.5 Å². The molecule has 1 aliphatic heterocycles. The van der Waals surface area contributed by atoms with Crippen LogP contribution in [0.25, 0.3) is 0 Å². The van der Waals surface area contributed by atoms with Crippen LogP contribution in [0.2, 0.25) is 0 Å². The number of piperazine rings is 1. The van der Waals surface area contributed by atoms with Crippen molar-refractivity contribution in [3.05, 3.63) is 36.4 Å². The number of anilines is 4. The second-order valence-corrected chi connectivity index (χ2v) is 10.4. The summed E-state index contributed by atoms with van der Waals surface area (Å²) in [6, 6.07) is 6.95. The fraction of sp³-hybridized carbons (Fsp3) is 0.667. The van der Waals surface area contributed by atoms with Crippen molar-refractivity contribution in [1.82, 2.24) is 9.97 Å². The number of rotatable bonds is 18. The summed E-state index contributed by atoms with van der Waals surface area (Å²) in [5, 5.41) is 3.42. The lowest BCUT2D eigenvalue weighted by atomic mass is 10.0. The Morgan fingerprint density at radius 3 is 1.89 bits per heavy atom. The molecule has 37 heavy (non-hydrogen) atoms. The minimum atomic E-state index is -0.174. The number of aromatic nitrogens is 2. The third kappa shape index (κ3) is 10.0. The van der Waals surface area contributed by atoms with Crippen LogP contribution in [0.15, 0.2) is 30.6 Å². The van der Waals surface area contributed by atoms with E-state index in [-0.39, 0.29) is 5.82 Å². The highest BCUT2D eigenvalue weighted by atomic mass is 19.1. The molecule has 3 rings (SSSR count). The summed E-state index contributed by atoms with van der Waals surface area (Å²) in [5.74, 6) is 1.32. The Hall–Kier alpha value is -2.57. The molecule has 0 unspecified atom stereocenters. The first-order valence-electron chi connectivity index (χ1n) is 14.8. The minimum Gasteiger partial charge on any atom is -0.393 e. The van der Waals surface area contributed by atoms with Crippen LogP contribution >= 0.6 is 0 Å². The molecular weight excluding hydrogens is 463 g/mol. The summed E-state index contributed by atoms with van der Waals surface area (Å²) in [6.45, 7) is 6.10. The standard InChI is InChI=1S/C30H49FN6/c1-2-3-4-5-6-7-8-9-10-11-12-13-14-17-20-33-29-28(32)30(35-25-34-29)37-23-21-36(22-24-37)27-19-16-15-18-26(27)31/h15-16,18-19,25H,2-14,17,20-24,32H2,1H3,(H,33,34,35). The van der Waals surface area contributed by atoms with Crippen molar-refractivity contribution < 1.29 is 4.39 Å². The van der Waals surface area contributed by atoms with E-state index in [1.807, 2.05) is 12.1 Å². The van der Waals surface area contributed by atoms with Gasteiger partial charge < -0.3 is 20.9 Å². The largest absolute Gasteiger partial charge is 0.393 e. The summed E-state index contributed by atoms with van der Waals surface area (Å²) in [7, 11) is 0. The Morgan fingerprint density at radius 1 is 0.757 bits per heavy atom. The number of nitrogens with two attached hydrogens (primary N) is 1. The summed E-state index contributed by atoms with van der Waals surface area (Å²) < 4.78 is 14.1. The Labute approximate surface area is 224 Å². The van der Waals surface area contributed by atoms with Gasteiger partial charge in [-0.25, -0.2) is 14.4 Å². The van der Waals surface area contributed by atoms with Gasteiger partial charge in [-0.3, -0.25) is 0 Å². The zero-order valence-electron chi connectivity index (χ0n) is 23.1. The van der Waals surface area contributed by atoms with Crippen molar-refractivity contribution in [1.29, 1.82) is 0 Å². The van der Waals surface area contributed by atoms with Crippen LogP contribution in [0.5, 0.6) is 0 Å². The molecule has 0 bridgehead atoms. The van der Waals surface area contributed by atoms with Crippen molar-refractivity contribution >= 4 is 23.0 Å². The lowest BCUT2D eigenvalue weighted by molar-refractivity contribution is 0.537. The number of halogens is 1. The second kappa shape index (κ2) is 17.0. The molecule has 0 aliphatic carbocycles. The van der Waals surface area contributed by atoms with E-state index in [2.05, 4.69) is 32.0 Å². The number of hydrogen-bond acceptors (Lipinski definition) is 6. The van der Waals surface area contributed by atoms with Gasteiger partial charge in [0.15, 0.2) is 11.6 Å². The van der Waals surface area contributed by atoms with Crippen LogP contribution in [-0.2, 0) is 0 Å². The molecule has 3 N–H and O–H groups in total. The van der Waals surface area contributed by atoms with Gasteiger partial charge in [0.1, 0.15) is 17.8 Å². The predicted molar refractivity (Wildman–Crippen MR) is 156 cm³/mol. The van der Waals surface area contributed by atoms with Gasteiger partial charge in [0.05, 0.1) is 5.69 Å². The zero-order valence-corrected chi connectivity index (χ0v) is 23.1. The fourth-order valence-corrected chi connectivity index (χ4v) is 5.17. The molecule has 7 heteroatoms. The van der Waals surface area contributed by atoms with Crippen molar-refractivity contribution in [3.8, 4) is 0 Å². The Bertz CT molecular complexity index is 884. The first kappa shape index (κ1) is 29.0. The molecule has 0 saturated carbocycles. The van der Waals surface area contributed by atoms with Crippen LogP contribution in [0, 0.1) is 5.82 Å². The third-order valence-electron chi connectivity index (χ3n) is 7.46. The molecule has 0 radical (unpaired) electrons. The quantitative estimate of drug-likeness (QED) is 0.203. The summed E-state index contributed by atoms with van der Waals surface area (Å²) in [5.41, 5.74) is 7.71. The van der Waals surface area contributed by atoms with Crippen LogP contribution in [0.4, 0.5) is 27.4 Å². The van der Waals surface area contributed by atoms with Gasteiger partial charge in [0.2, 0.25) is 0 Å². The number of para-hydroxylation sites is 1. The van der Waals surface area contributed by atoms with Gasteiger partial charge in [-0.1, -0.05) is 103 Å². The van der Waals surface area contributed by atoms with Gasteiger partial charge in [0.25, 0.3) is 0 Å². The number of nitrogen functional groups attached to an aromatic ring is 1. The van der Waals surface area contributed by atoms with E-state index in [4.69, 9.17) is 5.73 Å². The van der Waals surface area contributed by atoms with Crippen molar-refractivity contribution in [3.63, 3.8) is 0 Å². The van der Waals surface area contributed by atoms with Gasteiger partial charge in [-0.05, 0) is 18.6 Å². The maximum Gasteiger partial charge on any atom is 0.157 e. The minimum absolute atomic E-state index is 0.174. The van der Waals surface area contributed by atoms with Gasteiger partial charge in [-0.15, -0.1) is 0 Å². The smallest absolute Gasteiger partial charge is 0.157 e. The Kier molecular flexibility index (Phi) is 13.3. The Morgan fingerprint density at radius 2 is 1.30 bits per heavy atom. The number of benzene rings is 1. The first-order valence-corrected chi connectivity index (χ1v) is 14.8. The van der Waals surface area contributed by atoms with Crippen molar-refractivity contribution in [2.45, 2.75) is 96.8 Å². The third-order valence-corrected chi connectivity index (χ3v) is 7.46. The molecular formula is C30H49FN6. The first-order chi connectivity index (χ1) is 18.2.